The van der Waals surface area contributed by atoms with Crippen LogP contribution in [0.2, 0.25) is 5.02 Å². The van der Waals surface area contributed by atoms with E-state index in [1.807, 2.05) is 0 Å². The van der Waals surface area contributed by atoms with Crippen LogP contribution >= 0.6 is 11.6 Å². The fourth-order valence-corrected chi connectivity index (χ4v) is 1.89. The molecule has 2 aromatic rings. The van der Waals surface area contributed by atoms with E-state index in [2.05, 4.69) is 5.32 Å². The zero-order valence-electron chi connectivity index (χ0n) is 12.0. The number of esters is 1. The monoisotopic (exact) mass is 339 g/mol. The van der Waals surface area contributed by atoms with Gasteiger partial charge in [-0.2, -0.15) is 0 Å². The number of amides is 1. The summed E-state index contributed by atoms with van der Waals surface area (Å²) in [5, 5.41) is 2.41. The van der Waals surface area contributed by atoms with Gasteiger partial charge in [0.2, 0.25) is 0 Å². The van der Waals surface area contributed by atoms with Crippen molar-refractivity contribution < 1.29 is 23.1 Å². The number of carbonyl (C=O) groups excluding carboxylic acids is 2. The Bertz CT molecular complexity index is 752. The maximum Gasteiger partial charge on any atom is 0.341 e. The molecular formula is C16H12ClF2NO3. The van der Waals surface area contributed by atoms with Gasteiger partial charge in [0, 0.05) is 5.02 Å². The molecule has 0 aliphatic heterocycles. The second kappa shape index (κ2) is 7.19. The molecule has 120 valence electrons. The highest BCUT2D eigenvalue weighted by atomic mass is 35.5. The Labute approximate surface area is 136 Å². The summed E-state index contributed by atoms with van der Waals surface area (Å²) in [4.78, 5) is 23.8. The molecule has 0 aliphatic rings. The summed E-state index contributed by atoms with van der Waals surface area (Å²) in [6.07, 6.45) is -1.24. The summed E-state index contributed by atoms with van der Waals surface area (Å²) in [7, 11) is 0. The minimum atomic E-state index is -1.24. The summed E-state index contributed by atoms with van der Waals surface area (Å²) in [6.45, 7) is 1.29. The van der Waals surface area contributed by atoms with Crippen molar-refractivity contribution in [3.8, 4) is 0 Å². The Hall–Kier alpha value is -2.47. The van der Waals surface area contributed by atoms with Gasteiger partial charge in [0.05, 0.1) is 11.3 Å². The van der Waals surface area contributed by atoms with Crippen molar-refractivity contribution in [1.82, 2.24) is 0 Å². The van der Waals surface area contributed by atoms with E-state index >= 15 is 0 Å². The van der Waals surface area contributed by atoms with Gasteiger partial charge in [0.25, 0.3) is 5.91 Å². The molecule has 0 heterocycles. The molecule has 1 amide bonds. The van der Waals surface area contributed by atoms with Crippen LogP contribution < -0.4 is 5.32 Å². The lowest BCUT2D eigenvalue weighted by Crippen LogP contribution is -2.30. The first kappa shape index (κ1) is 16.9. The van der Waals surface area contributed by atoms with Crippen molar-refractivity contribution in [1.29, 1.82) is 0 Å². The molecule has 0 aliphatic carbocycles. The molecule has 0 aromatic heterocycles. The van der Waals surface area contributed by atoms with Crippen molar-refractivity contribution in [2.45, 2.75) is 13.0 Å². The van der Waals surface area contributed by atoms with Crippen LogP contribution in [0.25, 0.3) is 0 Å². The summed E-state index contributed by atoms with van der Waals surface area (Å²) >= 11 is 5.59. The molecule has 2 rings (SSSR count). The predicted molar refractivity (Wildman–Crippen MR) is 81.3 cm³/mol. The number of nitrogens with one attached hydrogen (secondary N) is 1. The summed E-state index contributed by atoms with van der Waals surface area (Å²) in [5.41, 5.74) is -0.391. The maximum absolute atomic E-state index is 13.6. The Balaban J connectivity index is 2.03. The summed E-state index contributed by atoms with van der Waals surface area (Å²) in [5.74, 6) is -3.24. The van der Waals surface area contributed by atoms with Gasteiger partial charge in [0.15, 0.2) is 6.10 Å². The van der Waals surface area contributed by atoms with Crippen LogP contribution in [0, 0.1) is 11.6 Å². The number of carbonyl (C=O) groups is 2. The van der Waals surface area contributed by atoms with Crippen LogP contribution in [0.1, 0.15) is 17.3 Å². The van der Waals surface area contributed by atoms with Gasteiger partial charge in [-0.15, -0.1) is 0 Å². The van der Waals surface area contributed by atoms with E-state index in [4.69, 9.17) is 16.3 Å². The largest absolute Gasteiger partial charge is 0.449 e. The number of halogens is 3. The van der Waals surface area contributed by atoms with Crippen LogP contribution in [0.5, 0.6) is 0 Å². The van der Waals surface area contributed by atoms with E-state index in [-0.39, 0.29) is 16.3 Å². The summed E-state index contributed by atoms with van der Waals surface area (Å²) < 4.78 is 31.9. The minimum Gasteiger partial charge on any atom is -0.449 e. The SMILES string of the molecule is C[C@H](OC(=O)c1ccc(Cl)cc1F)C(=O)Nc1ccccc1F. The highest BCUT2D eigenvalue weighted by Gasteiger charge is 2.22. The average Bonchev–Trinajstić information content (AvgIpc) is 2.49. The molecule has 0 radical (unpaired) electrons. The molecule has 7 heteroatoms. The average molecular weight is 340 g/mol. The normalized spacial score (nSPS) is 11.7. The van der Waals surface area contributed by atoms with Gasteiger partial charge in [-0.25, -0.2) is 13.6 Å². The fraction of sp³-hybridized carbons (Fsp3) is 0.125. The zero-order valence-corrected chi connectivity index (χ0v) is 12.7. The molecule has 0 spiro atoms. The second-order valence-corrected chi connectivity index (χ2v) is 5.08. The van der Waals surface area contributed by atoms with E-state index in [1.54, 1.807) is 6.07 Å². The predicted octanol–water partition coefficient (Wildman–Crippen LogP) is 3.80. The Morgan fingerprint density at radius 2 is 1.83 bits per heavy atom. The lowest BCUT2D eigenvalue weighted by molar-refractivity contribution is -0.123. The van der Waals surface area contributed by atoms with Crippen molar-refractivity contribution in [3.63, 3.8) is 0 Å². The van der Waals surface area contributed by atoms with Gasteiger partial charge in [0.1, 0.15) is 11.6 Å². The Morgan fingerprint density at radius 3 is 2.48 bits per heavy atom. The summed E-state index contributed by atoms with van der Waals surface area (Å²) in [6, 6.07) is 8.99. The van der Waals surface area contributed by atoms with Crippen LogP contribution in [-0.2, 0) is 9.53 Å². The first-order valence-electron chi connectivity index (χ1n) is 6.60. The van der Waals surface area contributed by atoms with E-state index in [9.17, 15) is 18.4 Å². The van der Waals surface area contributed by atoms with Gasteiger partial charge in [-0.1, -0.05) is 23.7 Å². The Kier molecular flexibility index (Phi) is 5.28. The van der Waals surface area contributed by atoms with E-state index in [1.165, 1.54) is 31.2 Å². The van der Waals surface area contributed by atoms with E-state index < -0.39 is 29.6 Å². The van der Waals surface area contributed by atoms with Gasteiger partial charge in [-0.3, -0.25) is 4.79 Å². The topological polar surface area (TPSA) is 55.4 Å². The molecule has 0 saturated carbocycles. The van der Waals surface area contributed by atoms with Crippen LogP contribution in [0.4, 0.5) is 14.5 Å². The van der Waals surface area contributed by atoms with Crippen LogP contribution in [0.3, 0.4) is 0 Å². The first-order chi connectivity index (χ1) is 10.9. The molecule has 1 N–H and O–H groups in total. The van der Waals surface area contributed by atoms with Crippen molar-refractivity contribution >= 4 is 29.2 Å². The lowest BCUT2D eigenvalue weighted by Gasteiger charge is -2.14. The van der Waals surface area contributed by atoms with E-state index in [0.717, 1.165) is 12.1 Å². The van der Waals surface area contributed by atoms with Crippen molar-refractivity contribution in [2.75, 3.05) is 5.32 Å². The number of ether oxygens (including phenoxy) is 1. The van der Waals surface area contributed by atoms with Gasteiger partial charge in [-0.05, 0) is 37.3 Å². The molecule has 0 saturated heterocycles. The highest BCUT2D eigenvalue weighted by Crippen LogP contribution is 2.17. The number of para-hydroxylation sites is 1. The second-order valence-electron chi connectivity index (χ2n) is 4.64. The smallest absolute Gasteiger partial charge is 0.341 e. The number of anilines is 1. The zero-order chi connectivity index (χ0) is 17.0. The third-order valence-corrected chi connectivity index (χ3v) is 3.17. The van der Waals surface area contributed by atoms with Crippen LogP contribution in [-0.4, -0.2) is 18.0 Å². The third-order valence-electron chi connectivity index (χ3n) is 2.94. The number of hydrogen-bond donors (Lipinski definition) is 1. The van der Waals surface area contributed by atoms with E-state index in [0.29, 0.717) is 0 Å². The lowest BCUT2D eigenvalue weighted by atomic mass is 10.2. The standard InChI is InChI=1S/C16H12ClF2NO3/c1-9(15(21)20-14-5-3-2-4-12(14)18)23-16(22)11-7-6-10(17)8-13(11)19/h2-9H,1H3,(H,20,21)/t9-/m0/s1. The number of rotatable bonds is 4. The number of benzene rings is 2. The number of hydrogen-bond acceptors (Lipinski definition) is 3. The Morgan fingerprint density at radius 1 is 1.13 bits per heavy atom. The third kappa shape index (κ3) is 4.26. The van der Waals surface area contributed by atoms with Crippen molar-refractivity contribution in [2.24, 2.45) is 0 Å². The minimum absolute atomic E-state index is 0.0435. The quantitative estimate of drug-likeness (QED) is 0.862. The molecule has 0 unspecified atom stereocenters. The molecule has 1 atom stereocenters. The van der Waals surface area contributed by atoms with Gasteiger partial charge >= 0.3 is 5.97 Å². The maximum atomic E-state index is 13.6. The van der Waals surface area contributed by atoms with Crippen molar-refractivity contribution in [3.05, 3.63) is 64.7 Å². The fourth-order valence-electron chi connectivity index (χ4n) is 1.73. The molecule has 0 fully saturated rings. The first-order valence-corrected chi connectivity index (χ1v) is 6.97. The molecular weight excluding hydrogens is 328 g/mol. The molecule has 2 aromatic carbocycles. The molecule has 4 nitrogen and oxygen atoms in total. The van der Waals surface area contributed by atoms with Crippen LogP contribution in [0.15, 0.2) is 42.5 Å². The highest BCUT2D eigenvalue weighted by molar-refractivity contribution is 6.30. The van der Waals surface area contributed by atoms with Gasteiger partial charge < -0.3 is 10.1 Å². The molecule has 0 bridgehead atoms. The molecule has 23 heavy (non-hydrogen) atoms.